The lowest BCUT2D eigenvalue weighted by molar-refractivity contribution is -0.117. The second-order valence-electron chi connectivity index (χ2n) is 7.98. The van der Waals surface area contributed by atoms with E-state index < -0.39 is 19.8 Å². The number of hydrogen-bond donors (Lipinski definition) is 3. The molecule has 3 rings (SSSR count). The Labute approximate surface area is 175 Å². The van der Waals surface area contributed by atoms with E-state index in [2.05, 4.69) is 0 Å². The number of nitrogens with zero attached hydrogens (tertiary/aromatic N) is 1. The Balaban J connectivity index is 2.12. The van der Waals surface area contributed by atoms with Crippen LogP contribution in [0.25, 0.3) is 6.08 Å². The normalized spacial score (nSPS) is 15.7. The number of phenols is 1. The van der Waals surface area contributed by atoms with E-state index in [1.54, 1.807) is 42.5 Å². The molecule has 0 spiro atoms. The van der Waals surface area contributed by atoms with Crippen molar-refractivity contribution in [3.8, 4) is 11.5 Å². The third-order valence-corrected chi connectivity index (χ3v) is 5.54. The quantitative estimate of drug-likeness (QED) is 0.474. The average molecular weight is 431 g/mol. The first kappa shape index (κ1) is 22.1. The fourth-order valence-electron chi connectivity index (χ4n) is 3.41. The first-order chi connectivity index (χ1) is 14.0. The van der Waals surface area contributed by atoms with Crippen LogP contribution in [0.5, 0.6) is 11.5 Å². The molecule has 0 aliphatic carbocycles. The van der Waals surface area contributed by atoms with E-state index in [1.165, 1.54) is 0 Å². The van der Waals surface area contributed by atoms with Gasteiger partial charge >= 0.3 is 7.60 Å². The number of ether oxygens (including phenoxy) is 1. The first-order valence-corrected chi connectivity index (χ1v) is 11.5. The molecular weight excluding hydrogens is 405 g/mol. The van der Waals surface area contributed by atoms with E-state index in [9.17, 15) is 24.3 Å². The molecule has 1 aliphatic rings. The van der Waals surface area contributed by atoms with Gasteiger partial charge in [0.2, 0.25) is 0 Å². The minimum Gasteiger partial charge on any atom is -0.507 e. The number of rotatable bonds is 5. The first-order valence-electron chi connectivity index (χ1n) is 9.69. The number of para-hydroxylation sites is 2. The summed E-state index contributed by atoms with van der Waals surface area (Å²) in [5.41, 5.74) is 2.48. The Bertz CT molecular complexity index is 1020. The highest BCUT2D eigenvalue weighted by atomic mass is 31.2. The summed E-state index contributed by atoms with van der Waals surface area (Å²) in [5.74, 6) is 0.0289. The molecule has 0 bridgehead atoms. The van der Waals surface area contributed by atoms with Crippen molar-refractivity contribution in [2.24, 2.45) is 0 Å². The number of anilines is 1. The van der Waals surface area contributed by atoms with Crippen LogP contribution in [0.4, 0.5) is 5.69 Å². The van der Waals surface area contributed by atoms with E-state index in [1.807, 2.05) is 27.7 Å². The number of amides is 1. The van der Waals surface area contributed by atoms with Crippen molar-refractivity contribution in [3.05, 3.63) is 58.8 Å². The second-order valence-corrected chi connectivity index (χ2v) is 9.59. The van der Waals surface area contributed by atoms with Gasteiger partial charge in [0.15, 0.2) is 11.5 Å². The highest BCUT2D eigenvalue weighted by Gasteiger charge is 2.34. The summed E-state index contributed by atoms with van der Waals surface area (Å²) in [5, 5.41) is 10.6. The van der Waals surface area contributed by atoms with Crippen molar-refractivity contribution in [2.75, 3.05) is 11.2 Å². The van der Waals surface area contributed by atoms with Crippen molar-refractivity contribution in [1.82, 2.24) is 0 Å². The van der Waals surface area contributed by atoms with Crippen molar-refractivity contribution < 1.29 is 29.0 Å². The summed E-state index contributed by atoms with van der Waals surface area (Å²) in [4.78, 5) is 32.9. The van der Waals surface area contributed by atoms with E-state index in [0.717, 1.165) is 16.0 Å². The number of phenolic OH excluding ortho intramolecular Hbond substituents is 1. The molecule has 2 aromatic rings. The molecule has 0 radical (unpaired) electrons. The van der Waals surface area contributed by atoms with Crippen molar-refractivity contribution in [1.29, 1.82) is 0 Å². The lowest BCUT2D eigenvalue weighted by atomic mass is 9.91. The van der Waals surface area contributed by atoms with Crippen molar-refractivity contribution in [3.63, 3.8) is 0 Å². The third kappa shape index (κ3) is 4.59. The molecule has 7 nitrogen and oxygen atoms in total. The van der Waals surface area contributed by atoms with Gasteiger partial charge in [0.25, 0.3) is 5.91 Å². The van der Waals surface area contributed by atoms with Gasteiger partial charge in [-0.3, -0.25) is 14.3 Å². The van der Waals surface area contributed by atoms with Gasteiger partial charge in [0, 0.05) is 0 Å². The van der Waals surface area contributed by atoms with Gasteiger partial charge in [-0.1, -0.05) is 39.8 Å². The molecule has 0 unspecified atom stereocenters. The Morgan fingerprint density at radius 2 is 1.63 bits per heavy atom. The molecule has 1 heterocycles. The van der Waals surface area contributed by atoms with Crippen LogP contribution in [-0.4, -0.2) is 27.1 Å². The smallest absolute Gasteiger partial charge is 0.345 e. The van der Waals surface area contributed by atoms with Crippen LogP contribution in [0.3, 0.4) is 0 Å². The monoisotopic (exact) mass is 431 g/mol. The SMILES string of the molecule is CC(C)c1cc(C=C2Oc3ccccc3N(CP(=O)(O)O)C2=O)cc(C(C)C)c1O. The van der Waals surface area contributed by atoms with Gasteiger partial charge in [-0.15, -0.1) is 0 Å². The number of fused-ring (bicyclic) bond motifs is 1. The summed E-state index contributed by atoms with van der Waals surface area (Å²) < 4.78 is 17.4. The zero-order valence-electron chi connectivity index (χ0n) is 17.4. The van der Waals surface area contributed by atoms with Gasteiger partial charge in [-0.2, -0.15) is 0 Å². The molecule has 3 N–H and O–H groups in total. The van der Waals surface area contributed by atoms with Crippen LogP contribution in [0.2, 0.25) is 0 Å². The topological polar surface area (TPSA) is 107 Å². The minimum absolute atomic E-state index is 0.0442. The van der Waals surface area contributed by atoms with E-state index in [0.29, 0.717) is 17.0 Å². The Morgan fingerprint density at radius 1 is 1.07 bits per heavy atom. The molecule has 0 saturated carbocycles. The molecule has 0 aromatic heterocycles. The van der Waals surface area contributed by atoms with Crippen LogP contribution in [0.1, 0.15) is 56.2 Å². The Morgan fingerprint density at radius 3 is 2.17 bits per heavy atom. The highest BCUT2D eigenvalue weighted by molar-refractivity contribution is 7.51. The molecule has 0 saturated heterocycles. The molecular formula is C22H26NO6P. The standard InChI is InChI=1S/C22H26NO6P/c1-13(2)16-9-15(10-17(14(3)4)21(16)24)11-20-22(25)23(12-30(26,27)28)18-7-5-6-8-19(18)29-20/h5-11,13-14,24H,12H2,1-4H3,(H2,26,27,28). The fraction of sp³-hybridized carbons (Fsp3) is 0.318. The summed E-state index contributed by atoms with van der Waals surface area (Å²) in [7, 11) is -4.50. The number of carbonyl (C=O) groups is 1. The van der Waals surface area contributed by atoms with Gasteiger partial charge in [-0.25, -0.2) is 0 Å². The van der Waals surface area contributed by atoms with Crippen molar-refractivity contribution >= 4 is 25.3 Å². The molecule has 0 fully saturated rings. The van der Waals surface area contributed by atoms with E-state index in [-0.39, 0.29) is 23.3 Å². The zero-order valence-corrected chi connectivity index (χ0v) is 18.3. The molecule has 1 amide bonds. The van der Waals surface area contributed by atoms with Gasteiger partial charge in [0.1, 0.15) is 12.0 Å². The summed E-state index contributed by atoms with van der Waals surface area (Å²) in [6.45, 7) is 7.87. The molecule has 0 atom stereocenters. The van der Waals surface area contributed by atoms with Crippen LogP contribution in [-0.2, 0) is 9.36 Å². The van der Waals surface area contributed by atoms with Gasteiger partial charge in [0.05, 0.1) is 5.69 Å². The molecule has 1 aliphatic heterocycles. The van der Waals surface area contributed by atoms with Crippen LogP contribution in [0.15, 0.2) is 42.2 Å². The summed E-state index contributed by atoms with van der Waals surface area (Å²) in [6.07, 6.45) is 0.801. The number of hydrogen-bond acceptors (Lipinski definition) is 4. The van der Waals surface area contributed by atoms with E-state index >= 15 is 0 Å². The number of carbonyl (C=O) groups excluding carboxylic acids is 1. The van der Waals surface area contributed by atoms with Gasteiger partial charge in [-0.05, 0) is 58.9 Å². The molecule has 160 valence electrons. The average Bonchev–Trinajstić information content (AvgIpc) is 2.65. The molecule has 2 aromatic carbocycles. The van der Waals surface area contributed by atoms with Crippen molar-refractivity contribution in [2.45, 2.75) is 39.5 Å². The molecule has 8 heteroatoms. The van der Waals surface area contributed by atoms with Crippen LogP contribution < -0.4 is 9.64 Å². The predicted octanol–water partition coefficient (Wildman–Crippen LogP) is 4.54. The van der Waals surface area contributed by atoms with Crippen LogP contribution >= 0.6 is 7.60 Å². The zero-order chi connectivity index (χ0) is 22.2. The summed E-state index contributed by atoms with van der Waals surface area (Å²) in [6, 6.07) is 10.2. The largest absolute Gasteiger partial charge is 0.507 e. The predicted molar refractivity (Wildman–Crippen MR) is 116 cm³/mol. The minimum atomic E-state index is -4.50. The molecule has 30 heavy (non-hydrogen) atoms. The van der Waals surface area contributed by atoms with Crippen LogP contribution in [0, 0.1) is 0 Å². The maximum atomic E-state index is 13.0. The second kappa shape index (κ2) is 8.26. The number of aromatic hydroxyl groups is 1. The maximum Gasteiger partial charge on any atom is 0.345 e. The maximum absolute atomic E-state index is 13.0. The Kier molecular flexibility index (Phi) is 6.09. The lowest BCUT2D eigenvalue weighted by Gasteiger charge is -2.30. The number of benzene rings is 2. The third-order valence-electron chi connectivity index (χ3n) is 4.89. The fourth-order valence-corrected chi connectivity index (χ4v) is 4.06. The summed E-state index contributed by atoms with van der Waals surface area (Å²) >= 11 is 0. The highest BCUT2D eigenvalue weighted by Crippen LogP contribution is 2.43. The van der Waals surface area contributed by atoms with E-state index in [4.69, 9.17) is 4.74 Å². The lowest BCUT2D eigenvalue weighted by Crippen LogP contribution is -2.37. The van der Waals surface area contributed by atoms with Gasteiger partial charge < -0.3 is 19.6 Å². The Hall–Kier alpha value is -2.60.